The fourth-order valence-electron chi connectivity index (χ4n) is 2.11. The molecule has 0 aliphatic rings. The molecule has 2 heterocycles. The van der Waals surface area contributed by atoms with E-state index in [0.717, 1.165) is 0 Å². The second kappa shape index (κ2) is 6.91. The van der Waals surface area contributed by atoms with Gasteiger partial charge >= 0.3 is 5.97 Å². The fraction of sp³-hybridized carbons (Fsp3) is 0.118. The number of rotatable bonds is 5. The van der Waals surface area contributed by atoms with Gasteiger partial charge in [-0.1, -0.05) is 6.07 Å². The lowest BCUT2D eigenvalue weighted by molar-refractivity contribution is 0.0472. The maximum atomic E-state index is 13.6. The van der Waals surface area contributed by atoms with Crippen molar-refractivity contribution in [3.8, 4) is 11.6 Å². The van der Waals surface area contributed by atoms with Gasteiger partial charge < -0.3 is 9.47 Å². The van der Waals surface area contributed by atoms with E-state index in [1.54, 1.807) is 41.5 Å². The number of imidazole rings is 1. The van der Waals surface area contributed by atoms with Crippen LogP contribution in [0.1, 0.15) is 15.9 Å². The van der Waals surface area contributed by atoms with E-state index in [-0.39, 0.29) is 12.4 Å². The molecule has 3 rings (SSSR count). The van der Waals surface area contributed by atoms with Gasteiger partial charge in [-0.25, -0.2) is 19.2 Å². The Balaban J connectivity index is 1.69. The molecule has 0 radical (unpaired) electrons. The molecule has 0 unspecified atom stereocenters. The number of pyridine rings is 1. The third-order valence-electron chi connectivity index (χ3n) is 3.34. The second-order valence-electron chi connectivity index (χ2n) is 4.92. The van der Waals surface area contributed by atoms with Crippen molar-refractivity contribution >= 4 is 5.97 Å². The van der Waals surface area contributed by atoms with Crippen molar-refractivity contribution in [3.05, 3.63) is 72.2 Å². The number of esters is 1. The minimum atomic E-state index is -0.519. The van der Waals surface area contributed by atoms with Crippen molar-refractivity contribution in [3.63, 3.8) is 0 Å². The van der Waals surface area contributed by atoms with Crippen molar-refractivity contribution in [2.45, 2.75) is 6.61 Å². The molecule has 0 fully saturated rings. The first-order valence-electron chi connectivity index (χ1n) is 7.11. The number of halogens is 1. The molecule has 0 bridgehead atoms. The number of methoxy groups -OCH3 is 1. The summed E-state index contributed by atoms with van der Waals surface area (Å²) in [6, 6.07) is 7.55. The SMILES string of the molecule is COc1ccc(COC(=O)c2ccnc(-n3ccnc3)c2)cc1F. The van der Waals surface area contributed by atoms with Gasteiger partial charge in [0, 0.05) is 18.6 Å². The number of carbonyl (C=O) groups is 1. The number of hydrogen-bond acceptors (Lipinski definition) is 5. The van der Waals surface area contributed by atoms with Gasteiger partial charge in [-0.05, 0) is 29.8 Å². The van der Waals surface area contributed by atoms with E-state index in [4.69, 9.17) is 9.47 Å². The predicted octanol–water partition coefficient (Wildman–Crippen LogP) is 2.77. The molecule has 3 aromatic rings. The highest BCUT2D eigenvalue weighted by molar-refractivity contribution is 5.89. The van der Waals surface area contributed by atoms with Gasteiger partial charge in [-0.15, -0.1) is 0 Å². The normalized spacial score (nSPS) is 10.4. The Hall–Kier alpha value is -3.22. The highest BCUT2D eigenvalue weighted by Crippen LogP contribution is 2.18. The lowest BCUT2D eigenvalue weighted by Crippen LogP contribution is -2.07. The molecule has 0 saturated heterocycles. The quantitative estimate of drug-likeness (QED) is 0.674. The maximum absolute atomic E-state index is 13.6. The van der Waals surface area contributed by atoms with Gasteiger partial charge in [0.05, 0.1) is 12.7 Å². The van der Waals surface area contributed by atoms with Crippen molar-refractivity contribution < 1.29 is 18.7 Å². The predicted molar refractivity (Wildman–Crippen MR) is 83.4 cm³/mol. The van der Waals surface area contributed by atoms with E-state index in [1.165, 1.54) is 25.4 Å². The fourth-order valence-corrected chi connectivity index (χ4v) is 2.11. The summed E-state index contributed by atoms with van der Waals surface area (Å²) in [5, 5.41) is 0. The Morgan fingerprint density at radius 3 is 2.83 bits per heavy atom. The first-order valence-corrected chi connectivity index (χ1v) is 7.11. The summed E-state index contributed by atoms with van der Waals surface area (Å²) in [4.78, 5) is 20.3. The lowest BCUT2D eigenvalue weighted by Gasteiger charge is -2.08. The Labute approximate surface area is 137 Å². The van der Waals surface area contributed by atoms with Gasteiger partial charge in [-0.2, -0.15) is 0 Å². The van der Waals surface area contributed by atoms with Crippen LogP contribution in [-0.4, -0.2) is 27.6 Å². The number of benzene rings is 1. The molecule has 24 heavy (non-hydrogen) atoms. The Kier molecular flexibility index (Phi) is 4.51. The van der Waals surface area contributed by atoms with E-state index < -0.39 is 11.8 Å². The monoisotopic (exact) mass is 327 g/mol. The highest BCUT2D eigenvalue weighted by atomic mass is 19.1. The van der Waals surface area contributed by atoms with Crippen LogP contribution in [0.5, 0.6) is 5.75 Å². The Morgan fingerprint density at radius 1 is 1.25 bits per heavy atom. The first-order chi connectivity index (χ1) is 11.7. The average Bonchev–Trinajstić information content (AvgIpc) is 3.14. The molecule has 6 nitrogen and oxygen atoms in total. The van der Waals surface area contributed by atoms with Crippen molar-refractivity contribution in [2.24, 2.45) is 0 Å². The molecule has 0 N–H and O–H groups in total. The topological polar surface area (TPSA) is 66.2 Å². The average molecular weight is 327 g/mol. The van der Waals surface area contributed by atoms with Crippen LogP contribution in [0.15, 0.2) is 55.2 Å². The molecule has 0 saturated carbocycles. The third kappa shape index (κ3) is 3.40. The molecular weight excluding hydrogens is 313 g/mol. The molecule has 2 aromatic heterocycles. The van der Waals surface area contributed by atoms with E-state index in [0.29, 0.717) is 16.9 Å². The van der Waals surface area contributed by atoms with Gasteiger partial charge in [0.25, 0.3) is 0 Å². The molecule has 0 atom stereocenters. The molecule has 1 aromatic carbocycles. The van der Waals surface area contributed by atoms with E-state index in [2.05, 4.69) is 9.97 Å². The van der Waals surface area contributed by atoms with Crippen molar-refractivity contribution in [2.75, 3.05) is 7.11 Å². The molecule has 0 spiro atoms. The Bertz CT molecular complexity index is 850. The molecule has 0 amide bonds. The summed E-state index contributed by atoms with van der Waals surface area (Å²) < 4.78 is 25.4. The number of carbonyl (C=O) groups excluding carboxylic acids is 1. The van der Waals surface area contributed by atoms with Crippen LogP contribution in [0.3, 0.4) is 0 Å². The minimum absolute atomic E-state index is 0.0392. The molecule has 7 heteroatoms. The van der Waals surface area contributed by atoms with E-state index in [9.17, 15) is 9.18 Å². The number of hydrogen-bond donors (Lipinski definition) is 0. The summed E-state index contributed by atoms with van der Waals surface area (Å²) in [6.45, 7) is -0.0392. The van der Waals surface area contributed by atoms with Crippen molar-refractivity contribution in [1.29, 1.82) is 0 Å². The van der Waals surface area contributed by atoms with Crippen LogP contribution in [0, 0.1) is 5.82 Å². The van der Waals surface area contributed by atoms with Crippen LogP contribution >= 0.6 is 0 Å². The smallest absolute Gasteiger partial charge is 0.338 e. The summed E-state index contributed by atoms with van der Waals surface area (Å²) >= 11 is 0. The molecule has 0 aliphatic heterocycles. The molecule has 0 aliphatic carbocycles. The van der Waals surface area contributed by atoms with Crippen LogP contribution in [0.25, 0.3) is 5.82 Å². The lowest BCUT2D eigenvalue weighted by atomic mass is 10.2. The van der Waals surface area contributed by atoms with E-state index in [1.807, 2.05) is 0 Å². The Morgan fingerprint density at radius 2 is 2.12 bits per heavy atom. The van der Waals surface area contributed by atoms with Crippen LogP contribution in [-0.2, 0) is 11.3 Å². The van der Waals surface area contributed by atoms with Crippen LogP contribution < -0.4 is 4.74 Å². The van der Waals surface area contributed by atoms with Gasteiger partial charge in [0.15, 0.2) is 11.6 Å². The molecular formula is C17H14FN3O3. The first kappa shape index (κ1) is 15.7. The minimum Gasteiger partial charge on any atom is -0.494 e. The summed E-state index contributed by atoms with van der Waals surface area (Å²) in [5.74, 6) is -0.325. The zero-order valence-corrected chi connectivity index (χ0v) is 12.8. The zero-order chi connectivity index (χ0) is 16.9. The number of ether oxygens (including phenoxy) is 2. The van der Waals surface area contributed by atoms with Gasteiger partial charge in [0.1, 0.15) is 18.8 Å². The van der Waals surface area contributed by atoms with Crippen LogP contribution in [0.2, 0.25) is 0 Å². The van der Waals surface area contributed by atoms with Gasteiger partial charge in [-0.3, -0.25) is 4.57 Å². The highest BCUT2D eigenvalue weighted by Gasteiger charge is 2.11. The maximum Gasteiger partial charge on any atom is 0.338 e. The summed E-state index contributed by atoms with van der Waals surface area (Å²) in [7, 11) is 1.39. The largest absolute Gasteiger partial charge is 0.494 e. The summed E-state index contributed by atoms with van der Waals surface area (Å²) in [6.07, 6.45) is 6.43. The number of aromatic nitrogens is 3. The summed E-state index contributed by atoms with van der Waals surface area (Å²) in [5.41, 5.74) is 0.883. The number of nitrogens with zero attached hydrogens (tertiary/aromatic N) is 3. The zero-order valence-electron chi connectivity index (χ0n) is 12.8. The van der Waals surface area contributed by atoms with Crippen molar-refractivity contribution in [1.82, 2.24) is 14.5 Å². The second-order valence-corrected chi connectivity index (χ2v) is 4.92. The standard InChI is InChI=1S/C17H14FN3O3/c1-23-15-3-2-12(8-14(15)18)10-24-17(22)13-4-5-20-16(9-13)21-7-6-19-11-21/h2-9,11H,10H2,1H3. The third-order valence-corrected chi connectivity index (χ3v) is 3.34. The van der Waals surface area contributed by atoms with E-state index >= 15 is 0 Å². The molecule has 122 valence electrons. The van der Waals surface area contributed by atoms with Crippen LogP contribution in [0.4, 0.5) is 4.39 Å². The van der Waals surface area contributed by atoms with Gasteiger partial charge in [0.2, 0.25) is 0 Å².